The molecule has 1 aliphatic heterocycles. The molecule has 118 valence electrons. The van der Waals surface area contributed by atoms with Gasteiger partial charge in [-0.3, -0.25) is 9.38 Å². The fraction of sp³-hybridized carbons (Fsp3) is 0.294. The van der Waals surface area contributed by atoms with Gasteiger partial charge < -0.3 is 10.1 Å². The van der Waals surface area contributed by atoms with Crippen molar-refractivity contribution in [2.45, 2.75) is 18.9 Å². The maximum Gasteiger partial charge on any atom is 0.139 e. The van der Waals surface area contributed by atoms with E-state index in [9.17, 15) is 0 Å². The van der Waals surface area contributed by atoms with Gasteiger partial charge in [0.25, 0.3) is 0 Å². The highest BCUT2D eigenvalue weighted by Crippen LogP contribution is 2.29. The number of hydrogen-bond acceptors (Lipinski definition) is 4. The van der Waals surface area contributed by atoms with Crippen molar-refractivity contribution in [2.24, 2.45) is 0 Å². The minimum absolute atomic E-state index is 0.255. The van der Waals surface area contributed by atoms with Crippen molar-refractivity contribution in [3.05, 3.63) is 47.9 Å². The first-order valence-electron chi connectivity index (χ1n) is 7.75. The molecular formula is C17H17ClN4O. The second-order valence-corrected chi connectivity index (χ2v) is 6.07. The first kappa shape index (κ1) is 14.5. The topological polar surface area (TPSA) is 51.5 Å². The van der Waals surface area contributed by atoms with Gasteiger partial charge in [0.2, 0.25) is 0 Å². The lowest BCUT2D eigenvalue weighted by atomic mass is 10.2. The molecule has 1 unspecified atom stereocenters. The lowest BCUT2D eigenvalue weighted by molar-refractivity contribution is 0.120. The van der Waals surface area contributed by atoms with Crippen LogP contribution in [0, 0.1) is 0 Å². The summed E-state index contributed by atoms with van der Waals surface area (Å²) in [6.45, 7) is 1.61. The van der Waals surface area contributed by atoms with E-state index in [0.29, 0.717) is 5.02 Å². The van der Waals surface area contributed by atoms with Crippen molar-refractivity contribution >= 4 is 23.1 Å². The van der Waals surface area contributed by atoms with Crippen LogP contribution in [0.25, 0.3) is 16.9 Å². The van der Waals surface area contributed by atoms with Crippen molar-refractivity contribution in [1.82, 2.24) is 14.4 Å². The van der Waals surface area contributed by atoms with Crippen LogP contribution in [0.2, 0.25) is 5.02 Å². The van der Waals surface area contributed by atoms with Gasteiger partial charge in [-0.25, -0.2) is 4.98 Å². The lowest BCUT2D eigenvalue weighted by Gasteiger charge is -2.13. The Bertz CT molecular complexity index is 812. The molecule has 3 aromatic rings. The van der Waals surface area contributed by atoms with Crippen molar-refractivity contribution in [3.8, 4) is 11.3 Å². The van der Waals surface area contributed by atoms with Crippen LogP contribution < -0.4 is 5.32 Å². The van der Waals surface area contributed by atoms with Gasteiger partial charge in [-0.1, -0.05) is 11.6 Å². The number of fused-ring (bicyclic) bond motifs is 1. The van der Waals surface area contributed by atoms with E-state index in [1.165, 1.54) is 0 Å². The van der Waals surface area contributed by atoms with Gasteiger partial charge in [-0.05, 0) is 37.1 Å². The Kier molecular flexibility index (Phi) is 3.89. The minimum atomic E-state index is 0.255. The summed E-state index contributed by atoms with van der Waals surface area (Å²) in [5.41, 5.74) is 2.78. The third kappa shape index (κ3) is 2.90. The maximum absolute atomic E-state index is 6.16. The fourth-order valence-electron chi connectivity index (χ4n) is 2.91. The molecule has 6 heteroatoms. The Labute approximate surface area is 139 Å². The molecule has 3 aromatic heterocycles. The number of ether oxygens (including phenoxy) is 1. The van der Waals surface area contributed by atoms with Crippen molar-refractivity contribution in [1.29, 1.82) is 0 Å². The molecule has 4 heterocycles. The van der Waals surface area contributed by atoms with Crippen LogP contribution in [0.5, 0.6) is 0 Å². The molecule has 1 N–H and O–H groups in total. The van der Waals surface area contributed by atoms with Crippen LogP contribution in [-0.2, 0) is 4.74 Å². The van der Waals surface area contributed by atoms with Gasteiger partial charge in [0.1, 0.15) is 17.2 Å². The second-order valence-electron chi connectivity index (χ2n) is 5.64. The molecule has 1 saturated heterocycles. The number of hydrogen-bond donors (Lipinski definition) is 1. The van der Waals surface area contributed by atoms with Gasteiger partial charge in [0.05, 0.1) is 11.1 Å². The van der Waals surface area contributed by atoms with Crippen molar-refractivity contribution in [3.63, 3.8) is 0 Å². The molecular weight excluding hydrogens is 312 g/mol. The van der Waals surface area contributed by atoms with E-state index in [-0.39, 0.29) is 6.10 Å². The number of nitrogens with one attached hydrogen (secondary N) is 1. The van der Waals surface area contributed by atoms with E-state index in [1.807, 2.05) is 34.9 Å². The lowest BCUT2D eigenvalue weighted by Crippen LogP contribution is -2.19. The second kappa shape index (κ2) is 6.18. The molecule has 5 nitrogen and oxygen atoms in total. The third-order valence-electron chi connectivity index (χ3n) is 4.06. The standard InChI is InChI=1S/C17H17ClN4O/c18-13-3-4-15-21-16(12-5-7-19-8-6-12)17(22(15)11-13)20-10-14-2-1-9-23-14/h3-8,11,14,20H,1-2,9-10H2. The summed E-state index contributed by atoms with van der Waals surface area (Å²) in [4.78, 5) is 8.82. The zero-order valence-electron chi connectivity index (χ0n) is 12.6. The van der Waals surface area contributed by atoms with Gasteiger partial charge in [-0.15, -0.1) is 0 Å². The van der Waals surface area contributed by atoms with E-state index in [4.69, 9.17) is 21.3 Å². The molecule has 0 spiro atoms. The largest absolute Gasteiger partial charge is 0.376 e. The number of nitrogens with zero attached hydrogens (tertiary/aromatic N) is 3. The Hall–Kier alpha value is -2.11. The predicted molar refractivity (Wildman–Crippen MR) is 90.9 cm³/mol. The molecule has 4 rings (SSSR count). The monoisotopic (exact) mass is 328 g/mol. The Morgan fingerprint density at radius 1 is 1.26 bits per heavy atom. The Morgan fingerprint density at radius 2 is 2.13 bits per heavy atom. The molecule has 0 bridgehead atoms. The van der Waals surface area contributed by atoms with E-state index < -0.39 is 0 Å². The number of halogens is 1. The molecule has 1 atom stereocenters. The predicted octanol–water partition coefficient (Wildman–Crippen LogP) is 3.64. The fourth-order valence-corrected chi connectivity index (χ4v) is 3.08. The number of pyridine rings is 2. The van der Waals surface area contributed by atoms with Gasteiger partial charge in [0.15, 0.2) is 0 Å². The summed E-state index contributed by atoms with van der Waals surface area (Å²) in [5, 5.41) is 4.18. The summed E-state index contributed by atoms with van der Waals surface area (Å²) in [6.07, 6.45) is 7.90. The Morgan fingerprint density at radius 3 is 2.91 bits per heavy atom. The smallest absolute Gasteiger partial charge is 0.139 e. The number of aromatic nitrogens is 3. The summed E-state index contributed by atoms with van der Waals surface area (Å²) in [5.74, 6) is 0.934. The van der Waals surface area contributed by atoms with Crippen LogP contribution in [0.15, 0.2) is 42.9 Å². The molecule has 0 saturated carbocycles. The molecule has 0 radical (unpaired) electrons. The van der Waals surface area contributed by atoms with E-state index in [1.54, 1.807) is 12.4 Å². The van der Waals surface area contributed by atoms with E-state index >= 15 is 0 Å². The van der Waals surface area contributed by atoms with Gasteiger partial charge in [0, 0.05) is 37.3 Å². The summed E-state index contributed by atoms with van der Waals surface area (Å²) < 4.78 is 7.70. The normalized spacial score (nSPS) is 17.7. The van der Waals surface area contributed by atoms with E-state index in [0.717, 1.165) is 48.7 Å². The van der Waals surface area contributed by atoms with Crippen LogP contribution in [0.1, 0.15) is 12.8 Å². The molecule has 1 aliphatic rings. The Balaban J connectivity index is 1.76. The maximum atomic E-state index is 6.16. The number of imidazole rings is 1. The van der Waals surface area contributed by atoms with Gasteiger partial charge in [-0.2, -0.15) is 0 Å². The third-order valence-corrected chi connectivity index (χ3v) is 4.28. The zero-order valence-corrected chi connectivity index (χ0v) is 13.3. The molecule has 0 aliphatic carbocycles. The first-order valence-corrected chi connectivity index (χ1v) is 8.12. The summed E-state index contributed by atoms with van der Waals surface area (Å²) >= 11 is 6.16. The average Bonchev–Trinajstić information content (AvgIpc) is 3.21. The summed E-state index contributed by atoms with van der Waals surface area (Å²) in [6, 6.07) is 7.69. The van der Waals surface area contributed by atoms with Crippen LogP contribution in [-0.4, -0.2) is 33.6 Å². The number of anilines is 1. The highest BCUT2D eigenvalue weighted by atomic mass is 35.5. The quantitative estimate of drug-likeness (QED) is 0.794. The summed E-state index contributed by atoms with van der Waals surface area (Å²) in [7, 11) is 0. The molecule has 0 amide bonds. The van der Waals surface area contributed by atoms with Crippen molar-refractivity contribution < 1.29 is 4.74 Å². The molecule has 23 heavy (non-hydrogen) atoms. The van der Waals surface area contributed by atoms with Crippen molar-refractivity contribution in [2.75, 3.05) is 18.5 Å². The zero-order chi connectivity index (χ0) is 15.6. The molecule has 1 fully saturated rings. The van der Waals surface area contributed by atoms with Crippen LogP contribution in [0.3, 0.4) is 0 Å². The van der Waals surface area contributed by atoms with Crippen LogP contribution in [0.4, 0.5) is 5.82 Å². The highest BCUT2D eigenvalue weighted by Gasteiger charge is 2.19. The first-order chi connectivity index (χ1) is 11.3. The van der Waals surface area contributed by atoms with Gasteiger partial charge >= 0.3 is 0 Å². The number of rotatable bonds is 4. The molecule has 0 aromatic carbocycles. The average molecular weight is 329 g/mol. The van der Waals surface area contributed by atoms with E-state index in [2.05, 4.69) is 10.3 Å². The highest BCUT2D eigenvalue weighted by molar-refractivity contribution is 6.30. The van der Waals surface area contributed by atoms with Crippen LogP contribution >= 0.6 is 11.6 Å². The SMILES string of the molecule is Clc1ccc2nc(-c3ccncc3)c(NCC3CCCO3)n2c1. The minimum Gasteiger partial charge on any atom is -0.376 e.